The lowest BCUT2D eigenvalue weighted by Crippen LogP contribution is -2.44. The number of carbonyl (C=O) groups excluding carboxylic acids is 1. The smallest absolute Gasteiger partial charge is 0.475 e. The molecular weight excluding hydrogens is 458 g/mol. The number of pyridine rings is 1. The number of alkyl halides is 3. The minimum absolute atomic E-state index is 0.0202. The standard InChI is InChI=1S/C18H19ClFN3O2.C2HF3O2/c19-14-8-16-12(7-15(14)20)17(24)13(9-23(16)11-1-2-11)18(25)22-10-3-5-21-6-4-10;3-2(4,5)1(6)7/h7-11,21H,1-6H2,(H,22,25);(H,6,7). The summed E-state index contributed by atoms with van der Waals surface area (Å²) in [4.78, 5) is 34.3. The van der Waals surface area contributed by atoms with Gasteiger partial charge in [0.25, 0.3) is 5.91 Å². The lowest BCUT2D eigenvalue weighted by Gasteiger charge is -2.23. The summed E-state index contributed by atoms with van der Waals surface area (Å²) in [5.41, 5.74) is 0.200. The van der Waals surface area contributed by atoms with Crippen molar-refractivity contribution in [3.63, 3.8) is 0 Å². The third kappa shape index (κ3) is 5.57. The molecule has 1 saturated carbocycles. The second-order valence-corrected chi connectivity index (χ2v) is 8.00. The molecule has 1 aliphatic heterocycles. The SMILES string of the molecule is O=C(NC1CCNCC1)c1cn(C2CC2)c2cc(Cl)c(F)cc2c1=O.O=C(O)C(F)(F)F. The average molecular weight is 478 g/mol. The van der Waals surface area contributed by atoms with Gasteiger partial charge in [-0.15, -0.1) is 0 Å². The van der Waals surface area contributed by atoms with Gasteiger partial charge in [0, 0.05) is 23.7 Å². The van der Waals surface area contributed by atoms with E-state index in [0.29, 0.717) is 5.52 Å². The van der Waals surface area contributed by atoms with Gasteiger partial charge in [-0.2, -0.15) is 13.2 Å². The van der Waals surface area contributed by atoms with Crippen LogP contribution >= 0.6 is 11.6 Å². The van der Waals surface area contributed by atoms with Crippen LogP contribution in [0.4, 0.5) is 17.6 Å². The van der Waals surface area contributed by atoms with Gasteiger partial charge in [0.1, 0.15) is 11.4 Å². The number of hydrogen-bond donors (Lipinski definition) is 3. The molecule has 2 heterocycles. The van der Waals surface area contributed by atoms with E-state index in [0.717, 1.165) is 44.8 Å². The first-order valence-corrected chi connectivity index (χ1v) is 10.2. The van der Waals surface area contributed by atoms with Gasteiger partial charge >= 0.3 is 12.1 Å². The van der Waals surface area contributed by atoms with E-state index in [-0.39, 0.29) is 34.0 Å². The van der Waals surface area contributed by atoms with Crippen molar-refractivity contribution in [3.8, 4) is 0 Å². The highest BCUT2D eigenvalue weighted by atomic mass is 35.5. The number of benzene rings is 1. The maximum Gasteiger partial charge on any atom is 0.490 e. The topological polar surface area (TPSA) is 100 Å². The third-order valence-corrected chi connectivity index (χ3v) is 5.47. The van der Waals surface area contributed by atoms with Crippen LogP contribution in [-0.2, 0) is 4.79 Å². The minimum atomic E-state index is -5.08. The Morgan fingerprint density at radius 1 is 1.16 bits per heavy atom. The maximum atomic E-state index is 13.9. The van der Waals surface area contributed by atoms with Crippen molar-refractivity contribution in [1.82, 2.24) is 15.2 Å². The predicted molar refractivity (Wildman–Crippen MR) is 108 cm³/mol. The van der Waals surface area contributed by atoms with Gasteiger partial charge in [0.15, 0.2) is 0 Å². The molecule has 3 N–H and O–H groups in total. The second kappa shape index (κ2) is 9.45. The van der Waals surface area contributed by atoms with E-state index in [2.05, 4.69) is 10.6 Å². The molecule has 0 unspecified atom stereocenters. The monoisotopic (exact) mass is 477 g/mol. The molecule has 4 rings (SSSR count). The summed E-state index contributed by atoms with van der Waals surface area (Å²) >= 11 is 5.89. The van der Waals surface area contributed by atoms with E-state index >= 15 is 0 Å². The highest BCUT2D eigenvalue weighted by Crippen LogP contribution is 2.37. The van der Waals surface area contributed by atoms with Gasteiger partial charge in [-0.3, -0.25) is 9.59 Å². The molecule has 1 saturated heterocycles. The highest BCUT2D eigenvalue weighted by Gasteiger charge is 2.38. The summed E-state index contributed by atoms with van der Waals surface area (Å²) in [7, 11) is 0. The number of carbonyl (C=O) groups is 2. The van der Waals surface area contributed by atoms with Crippen molar-refractivity contribution in [2.75, 3.05) is 13.1 Å². The number of halogens is 5. The van der Waals surface area contributed by atoms with Crippen LogP contribution in [0.15, 0.2) is 23.1 Å². The number of carboxylic acids is 1. The van der Waals surface area contributed by atoms with E-state index in [9.17, 15) is 27.2 Å². The predicted octanol–water partition coefficient (Wildman–Crippen LogP) is 3.24. The fourth-order valence-electron chi connectivity index (χ4n) is 3.39. The fourth-order valence-corrected chi connectivity index (χ4v) is 3.55. The lowest BCUT2D eigenvalue weighted by molar-refractivity contribution is -0.192. The Morgan fingerprint density at radius 2 is 1.75 bits per heavy atom. The van der Waals surface area contributed by atoms with Crippen LogP contribution < -0.4 is 16.1 Å². The molecule has 0 bridgehead atoms. The van der Waals surface area contributed by atoms with Crippen LogP contribution in [0.3, 0.4) is 0 Å². The fraction of sp³-hybridized carbons (Fsp3) is 0.450. The van der Waals surface area contributed by atoms with Gasteiger partial charge in [-0.1, -0.05) is 11.6 Å². The number of hydrogen-bond acceptors (Lipinski definition) is 4. The molecule has 1 amide bonds. The number of carboxylic acid groups (broad SMARTS) is 1. The number of rotatable bonds is 3. The molecule has 2 fully saturated rings. The van der Waals surface area contributed by atoms with Crippen LogP contribution in [0, 0.1) is 5.82 Å². The summed E-state index contributed by atoms with van der Waals surface area (Å²) in [6.07, 6.45) is 0.137. The molecule has 2 aromatic rings. The zero-order valence-corrected chi connectivity index (χ0v) is 17.4. The first-order chi connectivity index (χ1) is 15.0. The Morgan fingerprint density at radius 3 is 2.28 bits per heavy atom. The summed E-state index contributed by atoms with van der Waals surface area (Å²) in [5.74, 6) is -3.79. The van der Waals surface area contributed by atoms with E-state index in [1.54, 1.807) is 6.20 Å². The molecule has 0 spiro atoms. The number of aromatic nitrogens is 1. The van der Waals surface area contributed by atoms with Crippen molar-refractivity contribution in [2.45, 2.75) is 43.9 Å². The lowest BCUT2D eigenvalue weighted by atomic mass is 10.1. The molecule has 7 nitrogen and oxygen atoms in total. The van der Waals surface area contributed by atoms with Gasteiger partial charge in [-0.05, 0) is 50.9 Å². The van der Waals surface area contributed by atoms with Crippen LogP contribution in [-0.4, -0.2) is 46.9 Å². The maximum absolute atomic E-state index is 13.9. The Balaban J connectivity index is 0.000000360. The Hall–Kier alpha value is -2.66. The Bertz CT molecular complexity index is 1090. The molecule has 32 heavy (non-hydrogen) atoms. The average Bonchev–Trinajstić information content (AvgIpc) is 3.55. The van der Waals surface area contributed by atoms with Gasteiger partial charge in [0.2, 0.25) is 5.43 Å². The van der Waals surface area contributed by atoms with Crippen molar-refractivity contribution < 1.29 is 32.3 Å². The first-order valence-electron chi connectivity index (χ1n) is 9.84. The molecule has 1 aromatic heterocycles. The van der Waals surface area contributed by atoms with E-state index < -0.39 is 23.4 Å². The molecule has 0 radical (unpaired) electrons. The van der Waals surface area contributed by atoms with Crippen molar-refractivity contribution in [2.24, 2.45) is 0 Å². The highest BCUT2D eigenvalue weighted by molar-refractivity contribution is 6.31. The van der Waals surface area contributed by atoms with E-state index in [1.165, 1.54) is 6.07 Å². The quantitative estimate of drug-likeness (QED) is 0.589. The van der Waals surface area contributed by atoms with Crippen LogP contribution in [0.1, 0.15) is 42.1 Å². The number of aliphatic carboxylic acids is 1. The molecule has 1 aromatic carbocycles. The van der Waals surface area contributed by atoms with Crippen molar-refractivity contribution >= 4 is 34.4 Å². The van der Waals surface area contributed by atoms with E-state index in [1.807, 2.05) is 4.57 Å². The molecular formula is C20H20ClF4N3O4. The van der Waals surface area contributed by atoms with E-state index in [4.69, 9.17) is 21.5 Å². The second-order valence-electron chi connectivity index (χ2n) is 7.59. The number of nitrogens with one attached hydrogen (secondary N) is 2. The largest absolute Gasteiger partial charge is 0.490 e. The molecule has 174 valence electrons. The third-order valence-electron chi connectivity index (χ3n) is 5.18. The van der Waals surface area contributed by atoms with Crippen LogP contribution in [0.2, 0.25) is 5.02 Å². The summed E-state index contributed by atoms with van der Waals surface area (Å²) in [6.45, 7) is 1.69. The Kier molecular flexibility index (Phi) is 7.09. The zero-order valence-electron chi connectivity index (χ0n) is 16.6. The van der Waals surface area contributed by atoms with Gasteiger partial charge < -0.3 is 20.3 Å². The van der Waals surface area contributed by atoms with Crippen LogP contribution in [0.5, 0.6) is 0 Å². The molecule has 1 aliphatic carbocycles. The minimum Gasteiger partial charge on any atom is -0.475 e. The normalized spacial score (nSPS) is 16.9. The van der Waals surface area contributed by atoms with Crippen molar-refractivity contribution in [3.05, 3.63) is 45.0 Å². The molecule has 2 aliphatic rings. The number of nitrogens with zero attached hydrogens (tertiary/aromatic N) is 1. The van der Waals surface area contributed by atoms with Gasteiger partial charge in [-0.25, -0.2) is 9.18 Å². The van der Waals surface area contributed by atoms with Gasteiger partial charge in [0.05, 0.1) is 10.5 Å². The number of fused-ring (bicyclic) bond motifs is 1. The first kappa shape index (κ1) is 24.0. The summed E-state index contributed by atoms with van der Waals surface area (Å²) in [5, 5.41) is 13.5. The zero-order chi connectivity index (χ0) is 23.6. The van der Waals surface area contributed by atoms with Crippen LogP contribution in [0.25, 0.3) is 10.9 Å². The van der Waals surface area contributed by atoms with Crippen molar-refractivity contribution in [1.29, 1.82) is 0 Å². The summed E-state index contributed by atoms with van der Waals surface area (Å²) < 4.78 is 47.5. The Labute approximate surface area is 184 Å². The summed E-state index contributed by atoms with van der Waals surface area (Å²) in [6, 6.07) is 2.90. The molecule has 12 heteroatoms. The number of amides is 1. The number of piperidine rings is 1. The molecule has 0 atom stereocenters.